The molecule has 0 saturated carbocycles. The summed E-state index contributed by atoms with van der Waals surface area (Å²) < 4.78 is 21.4. The van der Waals surface area contributed by atoms with Crippen LogP contribution >= 0.6 is 0 Å². The van der Waals surface area contributed by atoms with E-state index in [0.717, 1.165) is 18.4 Å². The van der Waals surface area contributed by atoms with E-state index in [1.54, 1.807) is 0 Å². The molecule has 12 heteroatoms. The topological polar surface area (TPSA) is 149 Å². The van der Waals surface area contributed by atoms with Crippen molar-refractivity contribution in [3.8, 4) is 6.01 Å². The van der Waals surface area contributed by atoms with Gasteiger partial charge in [0, 0.05) is 27.8 Å². The van der Waals surface area contributed by atoms with Crippen molar-refractivity contribution in [3.63, 3.8) is 0 Å². The molecule has 12 nitrogen and oxygen atoms in total. The number of nitrogens with zero attached hydrogens (tertiary/aromatic N) is 4. The summed E-state index contributed by atoms with van der Waals surface area (Å²) in [6, 6.07) is 0.0359. The standard InChI is InChI=1S/C17H20N4O8/c1-8(22)27-7-12(28-9(2)23)14(29-10(3)24)11-6-18-15-13(19-11)16(25)21(4)17(20-15)26-5/h6,12,14H,7H2,1-5H3/t12-,14-/m0/s1. The van der Waals surface area contributed by atoms with E-state index in [0.29, 0.717) is 0 Å². The van der Waals surface area contributed by atoms with Crippen LogP contribution in [0.2, 0.25) is 0 Å². The van der Waals surface area contributed by atoms with Gasteiger partial charge in [0.15, 0.2) is 23.4 Å². The summed E-state index contributed by atoms with van der Waals surface area (Å²) in [5, 5.41) is 0. The molecule has 156 valence electrons. The Hall–Kier alpha value is -3.57. The van der Waals surface area contributed by atoms with Gasteiger partial charge < -0.3 is 18.9 Å². The van der Waals surface area contributed by atoms with Gasteiger partial charge in [0.05, 0.1) is 13.3 Å². The molecule has 2 atom stereocenters. The van der Waals surface area contributed by atoms with Crippen LogP contribution in [0.4, 0.5) is 0 Å². The highest BCUT2D eigenvalue weighted by molar-refractivity contribution is 5.70. The number of fused-ring (bicyclic) bond motifs is 1. The molecule has 0 radical (unpaired) electrons. The largest absolute Gasteiger partial charge is 0.468 e. The fourth-order valence-electron chi connectivity index (χ4n) is 2.45. The maximum absolute atomic E-state index is 12.5. The van der Waals surface area contributed by atoms with Crippen molar-refractivity contribution < 1.29 is 33.3 Å². The zero-order valence-electron chi connectivity index (χ0n) is 16.5. The molecule has 0 fully saturated rings. The Morgan fingerprint density at radius 1 is 1.07 bits per heavy atom. The molecule has 0 bridgehead atoms. The van der Waals surface area contributed by atoms with Gasteiger partial charge in [-0.05, 0) is 0 Å². The van der Waals surface area contributed by atoms with Gasteiger partial charge in [-0.1, -0.05) is 0 Å². The third kappa shape index (κ3) is 5.24. The average molecular weight is 408 g/mol. The van der Waals surface area contributed by atoms with Crippen LogP contribution in [-0.2, 0) is 35.6 Å². The van der Waals surface area contributed by atoms with Crippen molar-refractivity contribution in [1.82, 2.24) is 19.5 Å². The summed E-state index contributed by atoms with van der Waals surface area (Å²) in [5.74, 6) is -2.04. The highest BCUT2D eigenvalue weighted by Crippen LogP contribution is 2.24. The molecule has 0 aliphatic carbocycles. The Bertz CT molecular complexity index is 1000. The van der Waals surface area contributed by atoms with Crippen LogP contribution in [-0.4, -0.2) is 57.2 Å². The number of rotatable bonds is 7. The van der Waals surface area contributed by atoms with Gasteiger partial charge in [0.25, 0.3) is 5.56 Å². The van der Waals surface area contributed by atoms with Crippen LogP contribution in [0.15, 0.2) is 11.0 Å². The van der Waals surface area contributed by atoms with E-state index >= 15 is 0 Å². The second kappa shape index (κ2) is 9.08. The van der Waals surface area contributed by atoms with E-state index in [4.69, 9.17) is 18.9 Å². The summed E-state index contributed by atoms with van der Waals surface area (Å²) in [5.41, 5.74) is -0.640. The number of aromatic nitrogens is 4. The van der Waals surface area contributed by atoms with Gasteiger partial charge in [0.1, 0.15) is 12.3 Å². The van der Waals surface area contributed by atoms with Gasteiger partial charge in [-0.25, -0.2) is 9.97 Å². The van der Waals surface area contributed by atoms with Crippen LogP contribution in [0.25, 0.3) is 11.2 Å². The summed E-state index contributed by atoms with van der Waals surface area (Å²) in [6.45, 7) is 3.06. The number of carbonyl (C=O) groups is 3. The summed E-state index contributed by atoms with van der Waals surface area (Å²) in [6.07, 6.45) is -1.27. The minimum absolute atomic E-state index is 0.00942. The highest BCUT2D eigenvalue weighted by atomic mass is 16.6. The fraction of sp³-hybridized carbons (Fsp3) is 0.471. The Morgan fingerprint density at radius 2 is 1.72 bits per heavy atom. The Labute approximate surface area is 164 Å². The monoisotopic (exact) mass is 408 g/mol. The molecule has 0 aromatic carbocycles. The molecule has 2 rings (SSSR count). The normalized spacial score (nSPS) is 12.7. The van der Waals surface area contributed by atoms with Crippen molar-refractivity contribution in [1.29, 1.82) is 0 Å². The van der Waals surface area contributed by atoms with Crippen molar-refractivity contribution in [3.05, 3.63) is 22.2 Å². The number of ether oxygens (including phenoxy) is 4. The molecule has 0 spiro atoms. The summed E-state index contributed by atoms with van der Waals surface area (Å²) >= 11 is 0. The number of carbonyl (C=O) groups excluding carboxylic acids is 3. The lowest BCUT2D eigenvalue weighted by atomic mass is 10.1. The first-order chi connectivity index (χ1) is 13.6. The molecule has 0 saturated heterocycles. The molecule has 2 aromatic heterocycles. The van der Waals surface area contributed by atoms with Crippen LogP contribution < -0.4 is 10.3 Å². The molecule has 0 amide bonds. The van der Waals surface area contributed by atoms with Gasteiger partial charge in [-0.3, -0.25) is 23.7 Å². The van der Waals surface area contributed by atoms with Crippen molar-refractivity contribution in [2.45, 2.75) is 33.0 Å². The molecule has 0 aliphatic rings. The van der Waals surface area contributed by atoms with Crippen LogP contribution in [0, 0.1) is 0 Å². The number of hydrogen-bond donors (Lipinski definition) is 0. The second-order valence-corrected chi connectivity index (χ2v) is 5.91. The average Bonchev–Trinajstić information content (AvgIpc) is 2.65. The van der Waals surface area contributed by atoms with Crippen LogP contribution in [0.3, 0.4) is 0 Å². The van der Waals surface area contributed by atoms with E-state index in [2.05, 4.69) is 15.0 Å². The smallest absolute Gasteiger partial charge is 0.303 e. The minimum Gasteiger partial charge on any atom is -0.468 e. The van der Waals surface area contributed by atoms with Gasteiger partial charge >= 0.3 is 23.9 Å². The Kier molecular flexibility index (Phi) is 6.80. The van der Waals surface area contributed by atoms with Crippen LogP contribution in [0.5, 0.6) is 6.01 Å². The maximum Gasteiger partial charge on any atom is 0.303 e. The third-order valence-electron chi connectivity index (χ3n) is 3.64. The maximum atomic E-state index is 12.5. The van der Waals surface area contributed by atoms with Gasteiger partial charge in [0.2, 0.25) is 0 Å². The fourth-order valence-corrected chi connectivity index (χ4v) is 2.45. The Balaban J connectivity index is 2.57. The Morgan fingerprint density at radius 3 is 2.28 bits per heavy atom. The van der Waals surface area contributed by atoms with Gasteiger partial charge in [-0.15, -0.1) is 0 Å². The lowest BCUT2D eigenvalue weighted by molar-refractivity contribution is -0.174. The van der Waals surface area contributed by atoms with E-state index in [1.165, 1.54) is 27.3 Å². The van der Waals surface area contributed by atoms with E-state index < -0.39 is 42.3 Å². The second-order valence-electron chi connectivity index (χ2n) is 5.91. The zero-order valence-corrected chi connectivity index (χ0v) is 16.5. The highest BCUT2D eigenvalue weighted by Gasteiger charge is 2.32. The number of hydrogen-bond acceptors (Lipinski definition) is 11. The molecular weight excluding hydrogens is 388 g/mol. The predicted molar refractivity (Wildman–Crippen MR) is 95.8 cm³/mol. The first-order valence-electron chi connectivity index (χ1n) is 8.39. The predicted octanol–water partition coefficient (Wildman–Crippen LogP) is -0.169. The quantitative estimate of drug-likeness (QED) is 0.444. The lowest BCUT2D eigenvalue weighted by Crippen LogP contribution is -2.33. The molecule has 29 heavy (non-hydrogen) atoms. The van der Waals surface area contributed by atoms with E-state index in [1.807, 2.05) is 0 Å². The number of methoxy groups -OCH3 is 1. The number of esters is 3. The van der Waals surface area contributed by atoms with Crippen molar-refractivity contribution in [2.75, 3.05) is 13.7 Å². The molecule has 0 aliphatic heterocycles. The molecular formula is C17H20N4O8. The van der Waals surface area contributed by atoms with Crippen LogP contribution in [0.1, 0.15) is 32.6 Å². The van der Waals surface area contributed by atoms with Crippen molar-refractivity contribution >= 4 is 29.1 Å². The molecule has 0 N–H and O–H groups in total. The summed E-state index contributed by atoms with van der Waals surface area (Å²) in [7, 11) is 2.79. The summed E-state index contributed by atoms with van der Waals surface area (Å²) in [4.78, 5) is 59.2. The first-order valence-corrected chi connectivity index (χ1v) is 8.39. The van der Waals surface area contributed by atoms with E-state index in [-0.39, 0.29) is 22.9 Å². The molecule has 0 unspecified atom stereocenters. The zero-order chi connectivity index (χ0) is 21.7. The SMILES string of the molecule is COc1nc2ncc([C@H](OC(C)=O)[C@H](COC(C)=O)OC(C)=O)nc2c(=O)n1C. The molecule has 2 heterocycles. The lowest BCUT2D eigenvalue weighted by Gasteiger charge is -2.25. The van der Waals surface area contributed by atoms with Crippen molar-refractivity contribution in [2.24, 2.45) is 7.05 Å². The minimum atomic E-state index is -1.28. The first kappa shape index (κ1) is 21.7. The molecule has 2 aromatic rings. The van der Waals surface area contributed by atoms with E-state index in [9.17, 15) is 19.2 Å². The van der Waals surface area contributed by atoms with Gasteiger partial charge in [-0.2, -0.15) is 4.98 Å². The third-order valence-corrected chi connectivity index (χ3v) is 3.64.